The number of hydrogen-bond donors (Lipinski definition) is 1. The average Bonchev–Trinajstić information content (AvgIpc) is 3.21. The fraction of sp³-hybridized carbons (Fsp3) is 0.182. The molecule has 0 saturated carbocycles. The van der Waals surface area contributed by atoms with E-state index in [9.17, 15) is 8.42 Å². The van der Waals surface area contributed by atoms with Crippen LogP contribution in [0.5, 0.6) is 17.2 Å². The minimum atomic E-state index is -3.31. The normalized spacial score (nSPS) is 11.4. The molecule has 0 aliphatic heterocycles. The third-order valence-corrected chi connectivity index (χ3v) is 6.82. The number of fused-ring (bicyclic) bond motifs is 1. The van der Waals surface area contributed by atoms with Crippen molar-refractivity contribution in [2.75, 3.05) is 32.9 Å². The molecule has 0 bridgehead atoms. The lowest BCUT2D eigenvalue weighted by Crippen LogP contribution is -2.00. The summed E-state index contributed by atoms with van der Waals surface area (Å²) in [6.07, 6.45) is 2.93. The minimum Gasteiger partial charge on any atom is -0.493 e. The van der Waals surface area contributed by atoms with E-state index in [0.717, 1.165) is 21.3 Å². The average molecular weight is 472 g/mol. The molecule has 0 unspecified atom stereocenters. The van der Waals surface area contributed by atoms with E-state index in [-0.39, 0.29) is 4.90 Å². The van der Waals surface area contributed by atoms with E-state index < -0.39 is 9.84 Å². The SMILES string of the molecule is COc1cc(Nc2ncc3scc(-c4cccc(S(C)(=O)=O)c4)c3n2)cc(OC)c1OC. The smallest absolute Gasteiger partial charge is 0.227 e. The standard InChI is InChI=1S/C22H21N3O5S2/c1-28-17-9-14(10-18(29-2)21(17)30-3)24-22-23-11-19-20(25-22)16(12-31-19)13-6-5-7-15(8-13)32(4,26)27/h5-12H,1-4H3,(H,23,24,25). The Hall–Kier alpha value is -3.37. The molecule has 4 rings (SSSR count). The summed E-state index contributed by atoms with van der Waals surface area (Å²) in [4.78, 5) is 9.34. The van der Waals surface area contributed by atoms with Crippen molar-refractivity contribution in [1.82, 2.24) is 9.97 Å². The molecule has 2 heterocycles. The van der Waals surface area contributed by atoms with E-state index in [0.29, 0.717) is 28.9 Å². The van der Waals surface area contributed by atoms with Gasteiger partial charge in [0.25, 0.3) is 0 Å². The van der Waals surface area contributed by atoms with Crippen LogP contribution in [-0.2, 0) is 9.84 Å². The Kier molecular flexibility index (Phi) is 5.90. The molecule has 0 aliphatic rings. The van der Waals surface area contributed by atoms with Crippen molar-refractivity contribution in [2.24, 2.45) is 0 Å². The van der Waals surface area contributed by atoms with Crippen LogP contribution in [0.3, 0.4) is 0 Å². The van der Waals surface area contributed by atoms with Crippen LogP contribution in [0.25, 0.3) is 21.3 Å². The van der Waals surface area contributed by atoms with Crippen LogP contribution < -0.4 is 19.5 Å². The van der Waals surface area contributed by atoms with Gasteiger partial charge < -0.3 is 19.5 Å². The zero-order chi connectivity index (χ0) is 22.9. The number of aromatic nitrogens is 2. The predicted molar refractivity (Wildman–Crippen MR) is 125 cm³/mol. The monoisotopic (exact) mass is 471 g/mol. The third-order valence-electron chi connectivity index (χ3n) is 4.81. The highest BCUT2D eigenvalue weighted by molar-refractivity contribution is 7.90. The molecule has 0 fully saturated rings. The first-order chi connectivity index (χ1) is 15.3. The van der Waals surface area contributed by atoms with E-state index in [1.54, 1.807) is 57.9 Å². The van der Waals surface area contributed by atoms with Crippen molar-refractivity contribution in [3.8, 4) is 28.4 Å². The zero-order valence-electron chi connectivity index (χ0n) is 17.9. The molecular formula is C22H21N3O5S2. The highest BCUT2D eigenvalue weighted by atomic mass is 32.2. The van der Waals surface area contributed by atoms with Gasteiger partial charge in [-0.2, -0.15) is 0 Å². The lowest BCUT2D eigenvalue weighted by Gasteiger charge is -2.14. The number of sulfone groups is 1. The van der Waals surface area contributed by atoms with Gasteiger partial charge in [-0.25, -0.2) is 18.4 Å². The van der Waals surface area contributed by atoms with Crippen LogP contribution >= 0.6 is 11.3 Å². The number of methoxy groups -OCH3 is 3. The maximum absolute atomic E-state index is 12.0. The van der Waals surface area contributed by atoms with E-state index in [1.807, 2.05) is 11.4 Å². The van der Waals surface area contributed by atoms with Gasteiger partial charge in [0.15, 0.2) is 21.3 Å². The molecule has 0 radical (unpaired) electrons. The van der Waals surface area contributed by atoms with E-state index >= 15 is 0 Å². The van der Waals surface area contributed by atoms with Gasteiger partial charge in [-0.3, -0.25) is 0 Å². The van der Waals surface area contributed by atoms with Crippen LogP contribution in [0, 0.1) is 0 Å². The summed E-state index contributed by atoms with van der Waals surface area (Å²) in [5.74, 6) is 1.88. The molecule has 2 aromatic heterocycles. The number of rotatable bonds is 7. The topological polar surface area (TPSA) is 99.6 Å². The van der Waals surface area contributed by atoms with Crippen molar-refractivity contribution in [1.29, 1.82) is 0 Å². The number of ether oxygens (including phenoxy) is 3. The maximum atomic E-state index is 12.0. The van der Waals surface area contributed by atoms with Gasteiger partial charge in [0, 0.05) is 35.0 Å². The largest absolute Gasteiger partial charge is 0.493 e. The molecule has 0 amide bonds. The van der Waals surface area contributed by atoms with E-state index in [1.165, 1.54) is 17.6 Å². The molecule has 0 saturated heterocycles. The van der Waals surface area contributed by atoms with Crippen molar-refractivity contribution in [3.63, 3.8) is 0 Å². The number of nitrogens with zero attached hydrogens (tertiary/aromatic N) is 2. The van der Waals surface area contributed by atoms with Gasteiger partial charge in [0.2, 0.25) is 11.7 Å². The summed E-state index contributed by atoms with van der Waals surface area (Å²) < 4.78 is 41.0. The second kappa shape index (κ2) is 8.64. The fourth-order valence-corrected chi connectivity index (χ4v) is 4.81. The van der Waals surface area contributed by atoms with Crippen molar-refractivity contribution in [2.45, 2.75) is 4.90 Å². The van der Waals surface area contributed by atoms with E-state index in [2.05, 4.69) is 15.3 Å². The third kappa shape index (κ3) is 4.19. The molecule has 0 spiro atoms. The Morgan fingerprint density at radius 3 is 2.34 bits per heavy atom. The van der Waals surface area contributed by atoms with Gasteiger partial charge in [-0.15, -0.1) is 11.3 Å². The first-order valence-electron chi connectivity index (χ1n) is 9.46. The highest BCUT2D eigenvalue weighted by Gasteiger charge is 2.16. The summed E-state index contributed by atoms with van der Waals surface area (Å²) in [6.45, 7) is 0. The first kappa shape index (κ1) is 21.8. The summed E-state index contributed by atoms with van der Waals surface area (Å²) in [5.41, 5.74) is 3.00. The van der Waals surface area contributed by atoms with Crippen molar-refractivity contribution < 1.29 is 22.6 Å². The predicted octanol–water partition coefficient (Wildman–Crippen LogP) is 4.53. The Morgan fingerprint density at radius 1 is 1.00 bits per heavy atom. The van der Waals surface area contributed by atoms with Crippen LogP contribution in [0.1, 0.15) is 0 Å². The zero-order valence-corrected chi connectivity index (χ0v) is 19.5. The van der Waals surface area contributed by atoms with Crippen LogP contribution in [-0.4, -0.2) is 46.0 Å². The molecule has 10 heteroatoms. The highest BCUT2D eigenvalue weighted by Crippen LogP contribution is 2.41. The number of thiophene rings is 1. The molecule has 1 N–H and O–H groups in total. The molecule has 32 heavy (non-hydrogen) atoms. The summed E-state index contributed by atoms with van der Waals surface area (Å²) in [5, 5.41) is 5.12. The Labute approximate surface area is 189 Å². The Morgan fingerprint density at radius 2 is 1.72 bits per heavy atom. The quantitative estimate of drug-likeness (QED) is 0.420. The van der Waals surface area contributed by atoms with Gasteiger partial charge >= 0.3 is 0 Å². The molecule has 0 aliphatic carbocycles. The van der Waals surface area contributed by atoms with Gasteiger partial charge in [-0.05, 0) is 17.7 Å². The summed E-state index contributed by atoms with van der Waals surface area (Å²) >= 11 is 1.50. The number of hydrogen-bond acceptors (Lipinski definition) is 9. The molecule has 0 atom stereocenters. The van der Waals surface area contributed by atoms with E-state index in [4.69, 9.17) is 14.2 Å². The lowest BCUT2D eigenvalue weighted by molar-refractivity contribution is 0.324. The molecule has 166 valence electrons. The molecule has 8 nitrogen and oxygen atoms in total. The Balaban J connectivity index is 1.74. The molecule has 2 aromatic carbocycles. The van der Waals surface area contributed by atoms with Crippen LogP contribution in [0.15, 0.2) is 52.9 Å². The second-order valence-electron chi connectivity index (χ2n) is 6.89. The number of benzene rings is 2. The Bertz CT molecular complexity index is 1370. The maximum Gasteiger partial charge on any atom is 0.227 e. The number of anilines is 2. The van der Waals surface area contributed by atoms with Crippen molar-refractivity contribution in [3.05, 3.63) is 48.0 Å². The first-order valence-corrected chi connectivity index (χ1v) is 12.2. The number of nitrogens with one attached hydrogen (secondary N) is 1. The van der Waals surface area contributed by atoms with Crippen molar-refractivity contribution >= 4 is 43.0 Å². The second-order valence-corrected chi connectivity index (χ2v) is 9.82. The molecule has 4 aromatic rings. The van der Waals surface area contributed by atoms with Crippen LogP contribution in [0.4, 0.5) is 11.6 Å². The minimum absolute atomic E-state index is 0.263. The molecular weight excluding hydrogens is 450 g/mol. The van der Waals surface area contributed by atoms with Crippen LogP contribution in [0.2, 0.25) is 0 Å². The fourth-order valence-electron chi connectivity index (χ4n) is 3.27. The summed E-state index contributed by atoms with van der Waals surface area (Å²) in [7, 11) is 1.32. The lowest BCUT2D eigenvalue weighted by atomic mass is 10.1. The van der Waals surface area contributed by atoms with Gasteiger partial charge in [-0.1, -0.05) is 12.1 Å². The van der Waals surface area contributed by atoms with Gasteiger partial charge in [0.05, 0.1) is 42.6 Å². The summed E-state index contributed by atoms with van der Waals surface area (Å²) in [6, 6.07) is 10.4. The van der Waals surface area contributed by atoms with Gasteiger partial charge in [0.1, 0.15) is 0 Å².